The topological polar surface area (TPSA) is 32.3 Å². The second-order valence-corrected chi connectivity index (χ2v) is 10.2. The van der Waals surface area contributed by atoms with E-state index in [2.05, 4.69) is 36.4 Å². The van der Waals surface area contributed by atoms with Crippen molar-refractivity contribution in [3.05, 3.63) is 127 Å². The molecule has 0 aromatic heterocycles. The van der Waals surface area contributed by atoms with Crippen LogP contribution in [-0.4, -0.2) is 7.11 Å². The lowest BCUT2D eigenvalue weighted by Crippen LogP contribution is -2.30. The van der Waals surface area contributed by atoms with E-state index in [0.717, 1.165) is 21.7 Å². The molecule has 0 fully saturated rings. The number of ether oxygens (including phenoxy) is 1. The van der Waals surface area contributed by atoms with Crippen LogP contribution in [0.1, 0.15) is 5.56 Å². The van der Waals surface area contributed by atoms with Crippen molar-refractivity contribution in [1.82, 2.24) is 0 Å². The molecule has 0 atom stereocenters. The van der Waals surface area contributed by atoms with Crippen molar-refractivity contribution in [1.29, 1.82) is 0 Å². The largest absolute Gasteiger partial charge is 0.870 e. The van der Waals surface area contributed by atoms with Gasteiger partial charge in [0.2, 0.25) is 0 Å². The highest BCUT2D eigenvalue weighted by Crippen LogP contribution is 2.57. The van der Waals surface area contributed by atoms with Crippen LogP contribution < -0.4 is 25.8 Å². The average Bonchev–Trinajstić information content (AvgIpc) is 2.84. The van der Waals surface area contributed by atoms with E-state index in [1.165, 1.54) is 0 Å². The van der Waals surface area contributed by atoms with Gasteiger partial charge in [0, 0.05) is 0 Å². The third kappa shape index (κ3) is 3.87. The van der Waals surface area contributed by atoms with Crippen molar-refractivity contribution in [2.24, 2.45) is 0 Å². The lowest BCUT2D eigenvalue weighted by molar-refractivity contribution is -0.243. The van der Waals surface area contributed by atoms with E-state index in [4.69, 9.17) is 4.74 Å². The number of hydrogen-bond acceptors (Lipinski definition) is 2. The van der Waals surface area contributed by atoms with Crippen LogP contribution in [0, 0.1) is 0 Å². The standard InChI is InChI=1S/C27H23O2P/c1-29-23-19-17-22(18-20-23)27(28)21-30(24-11-5-2-6-12-24,25-13-7-3-8-14-25)26-15-9-4-10-16-26/h2-21H,1H3/b27-21-. The molecule has 0 bridgehead atoms. The molecule has 0 heterocycles. The van der Waals surface area contributed by atoms with Crippen molar-refractivity contribution in [2.45, 2.75) is 0 Å². The van der Waals surface area contributed by atoms with Crippen molar-refractivity contribution >= 4 is 28.9 Å². The molecule has 0 N–H and O–H groups in total. The van der Waals surface area contributed by atoms with Crippen LogP contribution in [0.3, 0.4) is 0 Å². The normalized spacial score (nSPS) is 11.8. The zero-order chi connectivity index (χ0) is 20.8. The molecule has 0 aliphatic rings. The van der Waals surface area contributed by atoms with Crippen LogP contribution in [0.5, 0.6) is 5.75 Å². The SMILES string of the molecule is COc1ccc(/C([O-])=C/[P+](c2ccccc2)(c2ccccc2)c2ccccc2)cc1. The van der Waals surface area contributed by atoms with Gasteiger partial charge in [-0.1, -0.05) is 72.5 Å². The summed E-state index contributed by atoms with van der Waals surface area (Å²) < 4.78 is 5.24. The Balaban J connectivity index is 1.99. The Labute approximate surface area is 178 Å². The van der Waals surface area contributed by atoms with Gasteiger partial charge in [-0.15, -0.1) is 0 Å². The number of hydrogen-bond donors (Lipinski definition) is 0. The molecule has 0 saturated heterocycles. The Kier molecular flexibility index (Phi) is 5.97. The molecule has 30 heavy (non-hydrogen) atoms. The predicted molar refractivity (Wildman–Crippen MR) is 126 cm³/mol. The first kappa shape index (κ1) is 19.9. The first-order valence-electron chi connectivity index (χ1n) is 9.84. The summed E-state index contributed by atoms with van der Waals surface area (Å²) in [5.74, 6) is 2.71. The fraction of sp³-hybridized carbons (Fsp3) is 0.0370. The van der Waals surface area contributed by atoms with Crippen LogP contribution in [0.2, 0.25) is 0 Å². The van der Waals surface area contributed by atoms with Crippen LogP contribution >= 0.6 is 7.26 Å². The molecule has 2 nitrogen and oxygen atoms in total. The van der Waals surface area contributed by atoms with Crippen molar-refractivity contribution in [2.75, 3.05) is 7.11 Å². The third-order valence-corrected chi connectivity index (χ3v) is 9.14. The molecule has 0 amide bonds. The fourth-order valence-electron chi connectivity index (χ4n) is 3.67. The molecule has 0 aliphatic heterocycles. The molecular weight excluding hydrogens is 387 g/mol. The monoisotopic (exact) mass is 410 g/mol. The van der Waals surface area contributed by atoms with E-state index in [0.29, 0.717) is 5.56 Å². The van der Waals surface area contributed by atoms with Gasteiger partial charge in [0.25, 0.3) is 0 Å². The fourth-order valence-corrected chi connectivity index (χ4v) is 7.44. The Morgan fingerprint density at radius 2 is 1.03 bits per heavy atom. The number of rotatable bonds is 6. The summed E-state index contributed by atoms with van der Waals surface area (Å²) in [5.41, 5.74) is 0.656. The van der Waals surface area contributed by atoms with Crippen molar-refractivity contribution in [3.8, 4) is 5.75 Å². The van der Waals surface area contributed by atoms with E-state index in [9.17, 15) is 5.11 Å². The highest BCUT2D eigenvalue weighted by molar-refractivity contribution is 7.98. The van der Waals surface area contributed by atoms with E-state index in [1.807, 2.05) is 84.7 Å². The van der Waals surface area contributed by atoms with Gasteiger partial charge in [0.1, 0.15) is 28.9 Å². The van der Waals surface area contributed by atoms with Gasteiger partial charge in [-0.05, 0) is 54.1 Å². The average molecular weight is 410 g/mol. The lowest BCUT2D eigenvalue weighted by atomic mass is 10.2. The minimum Gasteiger partial charge on any atom is -0.870 e. The predicted octanol–water partition coefficient (Wildman–Crippen LogP) is 4.35. The summed E-state index contributed by atoms with van der Waals surface area (Å²) in [5, 5.41) is 17.0. The molecule has 4 rings (SSSR count). The molecule has 0 aliphatic carbocycles. The van der Waals surface area contributed by atoms with E-state index >= 15 is 0 Å². The zero-order valence-electron chi connectivity index (χ0n) is 16.8. The number of benzene rings is 4. The first-order chi connectivity index (χ1) is 14.7. The van der Waals surface area contributed by atoms with Gasteiger partial charge >= 0.3 is 0 Å². The maximum atomic E-state index is 13.5. The summed E-state index contributed by atoms with van der Waals surface area (Å²) in [6.45, 7) is 0. The van der Waals surface area contributed by atoms with Crippen molar-refractivity contribution in [3.63, 3.8) is 0 Å². The summed E-state index contributed by atoms with van der Waals surface area (Å²) >= 11 is 0. The van der Waals surface area contributed by atoms with Gasteiger partial charge < -0.3 is 9.84 Å². The van der Waals surface area contributed by atoms with Crippen LogP contribution in [0.15, 0.2) is 121 Å². The zero-order valence-corrected chi connectivity index (χ0v) is 17.7. The smallest absolute Gasteiger partial charge is 0.136 e. The first-order valence-corrected chi connectivity index (χ1v) is 11.7. The highest BCUT2D eigenvalue weighted by Gasteiger charge is 2.43. The molecule has 4 aromatic carbocycles. The maximum absolute atomic E-state index is 13.5. The summed E-state index contributed by atoms with van der Waals surface area (Å²) in [7, 11) is -0.675. The molecule has 4 aromatic rings. The van der Waals surface area contributed by atoms with Gasteiger partial charge in [0.15, 0.2) is 0 Å². The Bertz CT molecular complexity index is 1010. The van der Waals surface area contributed by atoms with Crippen LogP contribution in [-0.2, 0) is 0 Å². The highest BCUT2D eigenvalue weighted by atomic mass is 31.2. The van der Waals surface area contributed by atoms with Gasteiger partial charge in [0.05, 0.1) is 12.9 Å². The molecule has 0 spiro atoms. The molecule has 148 valence electrons. The van der Waals surface area contributed by atoms with E-state index in [1.54, 1.807) is 7.11 Å². The minimum atomic E-state index is -2.30. The van der Waals surface area contributed by atoms with Crippen LogP contribution in [0.4, 0.5) is 0 Å². The molecule has 0 radical (unpaired) electrons. The summed E-state index contributed by atoms with van der Waals surface area (Å²) in [6, 6.07) is 38.4. The lowest BCUT2D eigenvalue weighted by Gasteiger charge is -2.27. The summed E-state index contributed by atoms with van der Waals surface area (Å²) in [6.07, 6.45) is 0. The third-order valence-electron chi connectivity index (χ3n) is 5.18. The van der Waals surface area contributed by atoms with Gasteiger partial charge in [-0.25, -0.2) is 0 Å². The molecule has 3 heteroatoms. The van der Waals surface area contributed by atoms with Gasteiger partial charge in [-0.2, -0.15) is 0 Å². The van der Waals surface area contributed by atoms with Crippen LogP contribution in [0.25, 0.3) is 5.76 Å². The minimum absolute atomic E-state index is 0.0162. The quantitative estimate of drug-likeness (QED) is 0.350. The van der Waals surface area contributed by atoms with E-state index in [-0.39, 0.29) is 5.76 Å². The molecule has 0 saturated carbocycles. The summed E-state index contributed by atoms with van der Waals surface area (Å²) in [4.78, 5) is 0. The van der Waals surface area contributed by atoms with Crippen molar-refractivity contribution < 1.29 is 9.84 Å². The van der Waals surface area contributed by atoms with E-state index < -0.39 is 7.26 Å². The molecule has 0 unspecified atom stereocenters. The Morgan fingerprint density at radius 3 is 1.40 bits per heavy atom. The number of methoxy groups -OCH3 is 1. The molecular formula is C27H23O2P. The second-order valence-electron chi connectivity index (χ2n) is 6.95. The Hall–Kier alpha value is -3.35. The maximum Gasteiger partial charge on any atom is 0.136 e. The Morgan fingerprint density at radius 1 is 0.633 bits per heavy atom. The second kappa shape index (κ2) is 8.98. The van der Waals surface area contributed by atoms with Gasteiger partial charge in [-0.3, -0.25) is 0 Å².